The van der Waals surface area contributed by atoms with Crippen LogP contribution >= 0.6 is 0 Å². The van der Waals surface area contributed by atoms with Gasteiger partial charge in [0, 0.05) is 19.2 Å². The van der Waals surface area contributed by atoms with Crippen LogP contribution in [0.15, 0.2) is 18.2 Å². The fraction of sp³-hybridized carbons (Fsp3) is 0.429. The van der Waals surface area contributed by atoms with Crippen molar-refractivity contribution in [3.63, 3.8) is 0 Å². The largest absolute Gasteiger partial charge is 0.482 e. The molecule has 0 fully saturated rings. The summed E-state index contributed by atoms with van der Waals surface area (Å²) in [6.07, 6.45) is 1.99. The van der Waals surface area contributed by atoms with Gasteiger partial charge in [-0.1, -0.05) is 13.3 Å². The number of unbranched alkanes of at least 4 members (excludes halogenated alkanes) is 1. The molecule has 0 atom stereocenters. The van der Waals surface area contributed by atoms with Crippen LogP contribution in [-0.4, -0.2) is 32.0 Å². The molecular weight excluding hydrogens is 244 g/mol. The van der Waals surface area contributed by atoms with E-state index in [0.717, 1.165) is 12.8 Å². The van der Waals surface area contributed by atoms with Crippen LogP contribution in [-0.2, 0) is 4.79 Å². The molecule has 0 aliphatic carbocycles. The molecule has 0 aromatic heterocycles. The number of nitrogens with one attached hydrogen (secondary N) is 1. The van der Waals surface area contributed by atoms with Gasteiger partial charge in [0.2, 0.25) is 0 Å². The van der Waals surface area contributed by atoms with Gasteiger partial charge in [0.25, 0.3) is 11.8 Å². The maximum Gasteiger partial charge on any atom is 0.264 e. The van der Waals surface area contributed by atoms with Crippen molar-refractivity contribution in [3.8, 4) is 5.75 Å². The molecule has 102 valence electrons. The van der Waals surface area contributed by atoms with E-state index in [4.69, 9.17) is 4.74 Å². The van der Waals surface area contributed by atoms with E-state index >= 15 is 0 Å². The number of likely N-dealkylation sites (N-methyl/N-ethyl adjacent to an activating group) is 1. The fourth-order valence-corrected chi connectivity index (χ4v) is 1.89. The highest BCUT2D eigenvalue weighted by molar-refractivity contribution is 6.00. The van der Waals surface area contributed by atoms with Gasteiger partial charge in [-0.15, -0.1) is 0 Å². The normalized spacial score (nSPS) is 13.8. The van der Waals surface area contributed by atoms with Gasteiger partial charge in [0.15, 0.2) is 6.61 Å². The van der Waals surface area contributed by atoms with E-state index in [-0.39, 0.29) is 18.4 Å². The lowest BCUT2D eigenvalue weighted by Crippen LogP contribution is -2.35. The first-order chi connectivity index (χ1) is 9.13. The summed E-state index contributed by atoms with van der Waals surface area (Å²) in [7, 11) is 1.68. The number of rotatable bonds is 4. The number of carbonyl (C=O) groups is 2. The maximum atomic E-state index is 11.9. The summed E-state index contributed by atoms with van der Waals surface area (Å²) < 4.78 is 5.32. The minimum atomic E-state index is -0.123. The first-order valence-corrected chi connectivity index (χ1v) is 6.45. The van der Waals surface area contributed by atoms with Gasteiger partial charge in [-0.25, -0.2) is 0 Å². The minimum Gasteiger partial charge on any atom is -0.482 e. The van der Waals surface area contributed by atoms with Crippen molar-refractivity contribution in [2.24, 2.45) is 0 Å². The third-order valence-electron chi connectivity index (χ3n) is 3.12. The summed E-state index contributed by atoms with van der Waals surface area (Å²) in [6, 6.07) is 5.13. The Bertz CT molecular complexity index is 499. The summed E-state index contributed by atoms with van der Waals surface area (Å²) in [5.41, 5.74) is 1.18. The predicted molar refractivity (Wildman–Crippen MR) is 72.6 cm³/mol. The summed E-state index contributed by atoms with van der Waals surface area (Å²) in [4.78, 5) is 25.0. The van der Waals surface area contributed by atoms with Crippen LogP contribution in [0.4, 0.5) is 5.69 Å². The lowest BCUT2D eigenvalue weighted by atomic mass is 10.1. The smallest absolute Gasteiger partial charge is 0.264 e. The van der Waals surface area contributed by atoms with Gasteiger partial charge in [0.05, 0.1) is 5.69 Å². The molecule has 1 aliphatic heterocycles. The molecule has 5 nitrogen and oxygen atoms in total. The van der Waals surface area contributed by atoms with Crippen molar-refractivity contribution in [2.45, 2.75) is 19.8 Å². The maximum absolute atomic E-state index is 11.9. The van der Waals surface area contributed by atoms with Crippen molar-refractivity contribution >= 4 is 17.5 Å². The van der Waals surface area contributed by atoms with E-state index < -0.39 is 0 Å². The first-order valence-electron chi connectivity index (χ1n) is 6.45. The summed E-state index contributed by atoms with van der Waals surface area (Å²) in [5, 5.41) is 2.85. The Balaban J connectivity index is 2.16. The van der Waals surface area contributed by atoms with Crippen LogP contribution in [0.5, 0.6) is 5.75 Å². The Labute approximate surface area is 112 Å². The summed E-state index contributed by atoms with van der Waals surface area (Å²) >= 11 is 0. The molecule has 2 amide bonds. The zero-order valence-corrected chi connectivity index (χ0v) is 11.2. The standard InChI is InChI=1S/C14H18N2O3/c1-3-4-7-15-14(18)10-5-6-12-11(8-10)16(2)13(17)9-19-12/h5-6,8H,3-4,7,9H2,1-2H3,(H,15,18). The quantitative estimate of drug-likeness (QED) is 0.838. The highest BCUT2D eigenvalue weighted by Crippen LogP contribution is 2.31. The zero-order chi connectivity index (χ0) is 13.8. The lowest BCUT2D eigenvalue weighted by molar-refractivity contribution is -0.120. The van der Waals surface area contributed by atoms with Crippen molar-refractivity contribution in [1.82, 2.24) is 5.32 Å². The van der Waals surface area contributed by atoms with Crippen LogP contribution in [0.1, 0.15) is 30.1 Å². The van der Waals surface area contributed by atoms with Crippen molar-refractivity contribution < 1.29 is 14.3 Å². The Hall–Kier alpha value is -2.04. The van der Waals surface area contributed by atoms with Crippen LogP contribution in [0.3, 0.4) is 0 Å². The number of amides is 2. The number of hydrogen-bond acceptors (Lipinski definition) is 3. The molecule has 0 spiro atoms. The second-order valence-electron chi connectivity index (χ2n) is 4.53. The van der Waals surface area contributed by atoms with E-state index in [2.05, 4.69) is 12.2 Å². The predicted octanol–water partition coefficient (Wildman–Crippen LogP) is 1.57. The second-order valence-corrected chi connectivity index (χ2v) is 4.53. The van der Waals surface area contributed by atoms with Gasteiger partial charge in [-0.3, -0.25) is 9.59 Å². The summed E-state index contributed by atoms with van der Waals surface area (Å²) in [6.45, 7) is 2.78. The highest BCUT2D eigenvalue weighted by Gasteiger charge is 2.23. The molecular formula is C14H18N2O3. The van der Waals surface area contributed by atoms with Gasteiger partial charge in [0.1, 0.15) is 5.75 Å². The number of anilines is 1. The molecule has 1 aromatic carbocycles. The van der Waals surface area contributed by atoms with Gasteiger partial charge < -0.3 is 15.0 Å². The number of hydrogen-bond donors (Lipinski definition) is 1. The Morgan fingerprint density at radius 1 is 1.47 bits per heavy atom. The average Bonchev–Trinajstić information content (AvgIpc) is 2.43. The molecule has 2 rings (SSSR count). The second kappa shape index (κ2) is 5.73. The van der Waals surface area contributed by atoms with Crippen LogP contribution < -0.4 is 15.0 Å². The molecule has 1 aromatic rings. The van der Waals surface area contributed by atoms with E-state index in [9.17, 15) is 9.59 Å². The van der Waals surface area contributed by atoms with Crippen LogP contribution in [0.2, 0.25) is 0 Å². The summed E-state index contributed by atoms with van der Waals surface area (Å²) in [5.74, 6) is 0.394. The molecule has 19 heavy (non-hydrogen) atoms. The van der Waals surface area contributed by atoms with Crippen molar-refractivity contribution in [2.75, 3.05) is 25.1 Å². The van der Waals surface area contributed by atoms with Crippen molar-refractivity contribution in [3.05, 3.63) is 23.8 Å². The molecule has 0 radical (unpaired) electrons. The highest BCUT2D eigenvalue weighted by atomic mass is 16.5. The third kappa shape index (κ3) is 2.86. The molecule has 0 unspecified atom stereocenters. The number of carbonyl (C=O) groups excluding carboxylic acids is 2. The van der Waals surface area contributed by atoms with Crippen LogP contribution in [0.25, 0.3) is 0 Å². The topological polar surface area (TPSA) is 58.6 Å². The average molecular weight is 262 g/mol. The molecule has 1 heterocycles. The number of fused-ring (bicyclic) bond motifs is 1. The number of ether oxygens (including phenoxy) is 1. The third-order valence-corrected chi connectivity index (χ3v) is 3.12. The SMILES string of the molecule is CCCCNC(=O)c1ccc2c(c1)N(C)C(=O)CO2. The Morgan fingerprint density at radius 3 is 3.00 bits per heavy atom. The molecule has 5 heteroatoms. The molecule has 1 aliphatic rings. The molecule has 0 saturated heterocycles. The molecule has 0 saturated carbocycles. The molecule has 1 N–H and O–H groups in total. The van der Waals surface area contributed by atoms with E-state index in [1.54, 1.807) is 25.2 Å². The van der Waals surface area contributed by atoms with Crippen LogP contribution in [0, 0.1) is 0 Å². The van der Waals surface area contributed by atoms with Gasteiger partial charge >= 0.3 is 0 Å². The molecule has 0 bridgehead atoms. The van der Waals surface area contributed by atoms with Gasteiger partial charge in [-0.05, 0) is 24.6 Å². The fourth-order valence-electron chi connectivity index (χ4n) is 1.89. The van der Waals surface area contributed by atoms with Crippen molar-refractivity contribution in [1.29, 1.82) is 0 Å². The Kier molecular flexibility index (Phi) is 4.04. The number of nitrogens with zero attached hydrogens (tertiary/aromatic N) is 1. The van der Waals surface area contributed by atoms with E-state index in [1.807, 2.05) is 0 Å². The lowest BCUT2D eigenvalue weighted by Gasteiger charge is -2.26. The van der Waals surface area contributed by atoms with E-state index in [0.29, 0.717) is 23.5 Å². The first kappa shape index (κ1) is 13.4. The Morgan fingerprint density at radius 2 is 2.26 bits per heavy atom. The minimum absolute atomic E-state index is 0.0472. The monoisotopic (exact) mass is 262 g/mol. The van der Waals surface area contributed by atoms with Gasteiger partial charge in [-0.2, -0.15) is 0 Å². The van der Waals surface area contributed by atoms with E-state index in [1.165, 1.54) is 4.90 Å². The zero-order valence-electron chi connectivity index (χ0n) is 11.2. The number of benzene rings is 1.